The molecule has 0 amide bonds. The monoisotopic (exact) mass is 273 g/mol. The summed E-state index contributed by atoms with van der Waals surface area (Å²) in [6, 6.07) is 1.97. The van der Waals surface area contributed by atoms with Crippen molar-refractivity contribution in [2.75, 3.05) is 7.05 Å². The Morgan fingerprint density at radius 3 is 3.14 bits per heavy atom. The third kappa shape index (κ3) is 2.02. The highest BCUT2D eigenvalue weighted by molar-refractivity contribution is 9.10. The smallest absolute Gasteiger partial charge is 0.240 e. The molecule has 0 saturated carbocycles. The van der Waals surface area contributed by atoms with Crippen molar-refractivity contribution in [1.29, 1.82) is 0 Å². The summed E-state index contributed by atoms with van der Waals surface area (Å²) in [4.78, 5) is 5.24. The Kier molecular flexibility index (Phi) is 2.95. The molecule has 1 N–H and O–H groups in total. The largest absolute Gasteiger partial charge is 0.338 e. The van der Waals surface area contributed by atoms with Gasteiger partial charge in [-0.3, -0.25) is 0 Å². The summed E-state index contributed by atoms with van der Waals surface area (Å²) in [6.07, 6.45) is 0. The Hall–Kier alpha value is -0.720. The van der Waals surface area contributed by atoms with Crippen molar-refractivity contribution < 1.29 is 4.52 Å². The molecule has 0 aromatic carbocycles. The number of aromatic nitrogens is 2. The molecule has 0 aliphatic rings. The molecule has 14 heavy (non-hydrogen) atoms. The molecule has 6 heteroatoms. The molecule has 2 heterocycles. The zero-order valence-corrected chi connectivity index (χ0v) is 9.85. The van der Waals surface area contributed by atoms with E-state index in [4.69, 9.17) is 4.52 Å². The summed E-state index contributed by atoms with van der Waals surface area (Å²) in [7, 11) is 1.84. The van der Waals surface area contributed by atoms with E-state index in [0.29, 0.717) is 18.3 Å². The minimum absolute atomic E-state index is 0.597. The number of thiophene rings is 1. The Labute approximate surface area is 93.5 Å². The van der Waals surface area contributed by atoms with Crippen molar-refractivity contribution in [3.63, 3.8) is 0 Å². The Morgan fingerprint density at radius 2 is 2.50 bits per heavy atom. The predicted octanol–water partition coefficient (Wildman–Crippen LogP) is 2.28. The van der Waals surface area contributed by atoms with Gasteiger partial charge in [0.25, 0.3) is 0 Å². The molecule has 0 saturated heterocycles. The number of hydrogen-bond donors (Lipinski definition) is 1. The van der Waals surface area contributed by atoms with Crippen LogP contribution in [0.4, 0.5) is 0 Å². The van der Waals surface area contributed by atoms with Gasteiger partial charge in [-0.2, -0.15) is 4.98 Å². The van der Waals surface area contributed by atoms with Crippen LogP contribution < -0.4 is 5.32 Å². The predicted molar refractivity (Wildman–Crippen MR) is 58.1 cm³/mol. The average Bonchev–Trinajstić information content (AvgIpc) is 2.74. The minimum Gasteiger partial charge on any atom is -0.338 e. The molecule has 0 aliphatic heterocycles. The van der Waals surface area contributed by atoms with Crippen LogP contribution in [0, 0.1) is 0 Å². The van der Waals surface area contributed by atoms with Crippen molar-refractivity contribution in [2.24, 2.45) is 0 Å². The van der Waals surface area contributed by atoms with E-state index in [1.807, 2.05) is 18.5 Å². The van der Waals surface area contributed by atoms with Crippen LogP contribution in [-0.2, 0) is 6.54 Å². The highest BCUT2D eigenvalue weighted by Gasteiger charge is 2.09. The molecule has 74 valence electrons. The molecule has 2 aromatic rings. The summed E-state index contributed by atoms with van der Waals surface area (Å²) >= 11 is 4.96. The Morgan fingerprint density at radius 1 is 1.64 bits per heavy atom. The van der Waals surface area contributed by atoms with Gasteiger partial charge >= 0.3 is 0 Å². The van der Waals surface area contributed by atoms with E-state index in [0.717, 1.165) is 9.35 Å². The summed E-state index contributed by atoms with van der Waals surface area (Å²) in [6.45, 7) is 0.597. The summed E-state index contributed by atoms with van der Waals surface area (Å²) in [5.74, 6) is 1.25. The maximum atomic E-state index is 5.04. The van der Waals surface area contributed by atoms with Gasteiger partial charge in [-0.05, 0) is 29.0 Å². The van der Waals surface area contributed by atoms with Crippen LogP contribution in [0.1, 0.15) is 5.89 Å². The molecule has 0 bridgehead atoms. The number of rotatable bonds is 3. The molecule has 0 atom stereocenters. The van der Waals surface area contributed by atoms with Crippen LogP contribution in [0.25, 0.3) is 10.7 Å². The van der Waals surface area contributed by atoms with Gasteiger partial charge in [0.15, 0.2) is 0 Å². The van der Waals surface area contributed by atoms with Crippen LogP contribution in [0.3, 0.4) is 0 Å². The molecular formula is C8H8BrN3OS. The van der Waals surface area contributed by atoms with Gasteiger partial charge in [-0.25, -0.2) is 0 Å². The van der Waals surface area contributed by atoms with E-state index in [9.17, 15) is 0 Å². The lowest BCUT2D eigenvalue weighted by Gasteiger charge is -1.86. The molecule has 0 spiro atoms. The lowest BCUT2D eigenvalue weighted by Crippen LogP contribution is -2.04. The van der Waals surface area contributed by atoms with Crippen LogP contribution in [0.5, 0.6) is 0 Å². The van der Waals surface area contributed by atoms with Gasteiger partial charge in [0.05, 0.1) is 11.4 Å². The van der Waals surface area contributed by atoms with Crippen LogP contribution in [0.15, 0.2) is 20.4 Å². The maximum Gasteiger partial charge on any atom is 0.240 e. The van der Waals surface area contributed by atoms with Gasteiger partial charge in [-0.15, -0.1) is 11.3 Å². The first-order valence-electron chi connectivity index (χ1n) is 4.01. The minimum atomic E-state index is 0.597. The number of nitrogens with zero attached hydrogens (tertiary/aromatic N) is 2. The quantitative estimate of drug-likeness (QED) is 0.932. The topological polar surface area (TPSA) is 51.0 Å². The molecule has 0 unspecified atom stereocenters. The first kappa shape index (κ1) is 9.82. The fourth-order valence-corrected chi connectivity index (χ4v) is 2.36. The first-order valence-corrected chi connectivity index (χ1v) is 5.68. The van der Waals surface area contributed by atoms with Crippen LogP contribution in [0.2, 0.25) is 0 Å². The van der Waals surface area contributed by atoms with E-state index < -0.39 is 0 Å². The zero-order valence-electron chi connectivity index (χ0n) is 7.45. The van der Waals surface area contributed by atoms with Gasteiger partial charge in [-0.1, -0.05) is 5.16 Å². The lowest BCUT2D eigenvalue weighted by atomic mass is 10.4. The van der Waals surface area contributed by atoms with Crippen molar-refractivity contribution in [1.82, 2.24) is 15.5 Å². The third-order valence-electron chi connectivity index (χ3n) is 1.58. The maximum absolute atomic E-state index is 5.04. The van der Waals surface area contributed by atoms with Gasteiger partial charge in [0, 0.05) is 9.85 Å². The van der Waals surface area contributed by atoms with Gasteiger partial charge in [0.2, 0.25) is 11.7 Å². The summed E-state index contributed by atoms with van der Waals surface area (Å²) in [5.41, 5.74) is 0. The Balaban J connectivity index is 2.24. The fourth-order valence-electron chi connectivity index (χ4n) is 1.01. The lowest BCUT2D eigenvalue weighted by molar-refractivity contribution is 0.372. The summed E-state index contributed by atoms with van der Waals surface area (Å²) in [5, 5.41) is 8.82. The van der Waals surface area contributed by atoms with E-state index in [1.54, 1.807) is 11.3 Å². The third-order valence-corrected chi connectivity index (χ3v) is 3.27. The van der Waals surface area contributed by atoms with E-state index in [-0.39, 0.29) is 0 Å². The number of halogens is 1. The second-order valence-corrected chi connectivity index (χ2v) is 4.50. The molecular weight excluding hydrogens is 266 g/mol. The molecule has 2 rings (SSSR count). The Bertz CT molecular complexity index is 426. The highest BCUT2D eigenvalue weighted by Crippen LogP contribution is 2.27. The normalized spacial score (nSPS) is 10.7. The number of nitrogens with one attached hydrogen (secondary N) is 1. The molecule has 0 aliphatic carbocycles. The molecule has 4 nitrogen and oxygen atoms in total. The zero-order chi connectivity index (χ0) is 9.97. The average molecular weight is 274 g/mol. The summed E-state index contributed by atoms with van der Waals surface area (Å²) < 4.78 is 6.08. The standard InChI is InChI=1S/C8H8BrN3OS/c1-10-3-7-11-8(12-13-7)6-2-5(9)4-14-6/h2,4,10H,3H2,1H3. The van der Waals surface area contributed by atoms with Crippen LogP contribution >= 0.6 is 27.3 Å². The van der Waals surface area contributed by atoms with Crippen molar-refractivity contribution >= 4 is 27.3 Å². The molecule has 0 fully saturated rings. The molecule has 2 aromatic heterocycles. The van der Waals surface area contributed by atoms with Crippen molar-refractivity contribution in [3.8, 4) is 10.7 Å². The first-order chi connectivity index (χ1) is 6.79. The van der Waals surface area contributed by atoms with E-state index in [1.165, 1.54) is 0 Å². The van der Waals surface area contributed by atoms with Gasteiger partial charge in [0.1, 0.15) is 0 Å². The second kappa shape index (κ2) is 4.20. The molecule has 0 radical (unpaired) electrons. The van der Waals surface area contributed by atoms with Crippen LogP contribution in [-0.4, -0.2) is 17.2 Å². The van der Waals surface area contributed by atoms with Gasteiger partial charge < -0.3 is 9.84 Å². The van der Waals surface area contributed by atoms with Crippen molar-refractivity contribution in [3.05, 3.63) is 21.8 Å². The van der Waals surface area contributed by atoms with E-state index >= 15 is 0 Å². The van der Waals surface area contributed by atoms with E-state index in [2.05, 4.69) is 31.4 Å². The highest BCUT2D eigenvalue weighted by atomic mass is 79.9. The van der Waals surface area contributed by atoms with Crippen molar-refractivity contribution in [2.45, 2.75) is 6.54 Å². The second-order valence-electron chi connectivity index (χ2n) is 2.67. The SMILES string of the molecule is CNCc1nc(-c2cc(Br)cs2)no1. The number of hydrogen-bond acceptors (Lipinski definition) is 5. The fraction of sp³-hybridized carbons (Fsp3) is 0.250.